The van der Waals surface area contributed by atoms with Crippen LogP contribution in [0.25, 0.3) is 38.3 Å². The lowest BCUT2D eigenvalue weighted by molar-refractivity contribution is 0.454. The summed E-state index contributed by atoms with van der Waals surface area (Å²) in [7, 11) is 0.713. The maximum atomic E-state index is 8.95. The summed E-state index contributed by atoms with van der Waals surface area (Å²) in [5, 5.41) is 13.6. The first-order chi connectivity index (χ1) is 12.9. The van der Waals surface area contributed by atoms with Gasteiger partial charge in [0.25, 0.3) is 0 Å². The second-order valence-corrected chi connectivity index (χ2v) is 6.25. The summed E-state index contributed by atoms with van der Waals surface area (Å²) in [4.78, 5) is 0. The zero-order valence-corrected chi connectivity index (χ0v) is 14.0. The molecule has 0 bridgehead atoms. The molecule has 5 rings (SSSR count). The Kier molecular flexibility index (Phi) is 3.44. The van der Waals surface area contributed by atoms with Gasteiger partial charge >= 0.3 is 7.69 Å². The molecule has 0 unspecified atom stereocenters. The molecule has 0 aliphatic heterocycles. The minimum atomic E-state index is 0.612. The van der Waals surface area contributed by atoms with Gasteiger partial charge in [-0.2, -0.15) is 0 Å². The van der Waals surface area contributed by atoms with Crippen molar-refractivity contribution in [3.63, 3.8) is 0 Å². The average Bonchev–Trinajstić information content (AvgIpc) is 3.02. The topological polar surface area (TPSA) is 34.4 Å². The number of nitrogens with zero attached hydrogens (tertiary/aromatic N) is 1. The molecule has 4 aromatic carbocycles. The molecule has 123 valence electrons. The summed E-state index contributed by atoms with van der Waals surface area (Å²) in [5.41, 5.74) is 3.40. The summed E-state index contributed by atoms with van der Waals surface area (Å²) in [6.07, 6.45) is 0. The predicted octanol–water partition coefficient (Wildman–Crippen LogP) is 4.84. The van der Waals surface area contributed by atoms with Crippen LogP contribution in [0.15, 0.2) is 84.9 Å². The second kappa shape index (κ2) is 5.93. The van der Waals surface area contributed by atoms with Crippen LogP contribution >= 0.6 is 0 Å². The molecule has 4 heteroatoms. The Balaban J connectivity index is 1.92. The molecule has 0 amide bonds. The zero-order chi connectivity index (χ0) is 17.5. The summed E-state index contributed by atoms with van der Waals surface area (Å²) < 4.78 is 7.46. The zero-order valence-electron chi connectivity index (χ0n) is 14.0. The van der Waals surface area contributed by atoms with E-state index in [4.69, 9.17) is 9.68 Å². The highest BCUT2D eigenvalue weighted by molar-refractivity contribution is 6.17. The molecule has 3 nitrogen and oxygen atoms in total. The van der Waals surface area contributed by atoms with Crippen LogP contribution in [0.1, 0.15) is 0 Å². The smallest absolute Gasteiger partial charge is 0.537 e. The van der Waals surface area contributed by atoms with E-state index in [9.17, 15) is 0 Å². The molecule has 5 aromatic rings. The van der Waals surface area contributed by atoms with Gasteiger partial charge in [-0.15, -0.1) is 0 Å². The van der Waals surface area contributed by atoms with Crippen molar-refractivity contribution in [2.24, 2.45) is 0 Å². The van der Waals surface area contributed by atoms with Gasteiger partial charge in [-0.3, -0.25) is 0 Å². The predicted molar refractivity (Wildman–Crippen MR) is 107 cm³/mol. The highest BCUT2D eigenvalue weighted by Gasteiger charge is 2.14. The van der Waals surface area contributed by atoms with Gasteiger partial charge in [-0.05, 0) is 35.7 Å². The molecule has 0 atom stereocenters. The SMILES string of the molecule is O[B]Oc1ccc2c(c1)c1ccccc1n2-c1cccc2ccccc12. The van der Waals surface area contributed by atoms with E-state index in [1.165, 1.54) is 10.8 Å². The van der Waals surface area contributed by atoms with Crippen LogP contribution in [0.2, 0.25) is 0 Å². The van der Waals surface area contributed by atoms with Crippen LogP contribution in [0, 0.1) is 0 Å². The van der Waals surface area contributed by atoms with E-state index in [-0.39, 0.29) is 0 Å². The molecular weight excluding hydrogens is 321 g/mol. The van der Waals surface area contributed by atoms with Crippen molar-refractivity contribution in [1.82, 2.24) is 4.57 Å². The van der Waals surface area contributed by atoms with Gasteiger partial charge in [0.2, 0.25) is 0 Å². The van der Waals surface area contributed by atoms with Crippen LogP contribution in [0.4, 0.5) is 0 Å². The van der Waals surface area contributed by atoms with E-state index in [2.05, 4.69) is 65.2 Å². The lowest BCUT2D eigenvalue weighted by atomic mass is 10.1. The van der Waals surface area contributed by atoms with Gasteiger partial charge in [0.05, 0.1) is 16.7 Å². The first kappa shape index (κ1) is 15.1. The second-order valence-electron chi connectivity index (χ2n) is 6.25. The van der Waals surface area contributed by atoms with Gasteiger partial charge in [0, 0.05) is 16.2 Å². The van der Waals surface area contributed by atoms with Crippen molar-refractivity contribution in [2.75, 3.05) is 0 Å². The molecule has 0 spiro atoms. The molecular formula is C22H15BNO2. The van der Waals surface area contributed by atoms with Crippen LogP contribution in [0.3, 0.4) is 0 Å². The Morgan fingerprint density at radius 2 is 1.42 bits per heavy atom. The van der Waals surface area contributed by atoms with Gasteiger partial charge < -0.3 is 14.2 Å². The Bertz CT molecular complexity index is 1250. The summed E-state index contributed by atoms with van der Waals surface area (Å²) in [6, 6.07) is 29.0. The standard InChI is InChI=1S/C22H15BNO2/c25-23-26-16-12-13-22-19(14-16)18-9-3-4-10-21(18)24(22)20-11-5-7-15-6-1-2-8-17(15)20/h1-14,25H. The largest absolute Gasteiger partial charge is 0.569 e. The monoisotopic (exact) mass is 336 g/mol. The third kappa shape index (κ3) is 2.20. The third-order valence-corrected chi connectivity index (χ3v) is 4.84. The minimum absolute atomic E-state index is 0.612. The number of aromatic nitrogens is 1. The quantitative estimate of drug-likeness (QED) is 0.478. The molecule has 1 heterocycles. The van der Waals surface area contributed by atoms with Gasteiger partial charge in [0.1, 0.15) is 5.75 Å². The van der Waals surface area contributed by atoms with Crippen molar-refractivity contribution in [1.29, 1.82) is 0 Å². The van der Waals surface area contributed by atoms with Gasteiger partial charge in [0.15, 0.2) is 0 Å². The lowest BCUT2D eigenvalue weighted by Gasteiger charge is -2.11. The maximum Gasteiger partial charge on any atom is 0.569 e. The molecule has 0 saturated carbocycles. The van der Waals surface area contributed by atoms with Gasteiger partial charge in [-0.25, -0.2) is 0 Å². The van der Waals surface area contributed by atoms with Crippen molar-refractivity contribution in [3.8, 4) is 11.4 Å². The van der Waals surface area contributed by atoms with Gasteiger partial charge in [-0.1, -0.05) is 54.6 Å². The number of fused-ring (bicyclic) bond motifs is 4. The summed E-state index contributed by atoms with van der Waals surface area (Å²) in [5.74, 6) is 0.612. The fourth-order valence-corrected chi connectivity index (χ4v) is 3.75. The minimum Gasteiger partial charge on any atom is -0.537 e. The first-order valence-electron chi connectivity index (χ1n) is 8.51. The molecule has 0 aliphatic rings. The fraction of sp³-hybridized carbons (Fsp3) is 0. The number of para-hydroxylation sites is 1. The average molecular weight is 336 g/mol. The van der Waals surface area contributed by atoms with E-state index in [1.807, 2.05) is 24.3 Å². The van der Waals surface area contributed by atoms with Crippen molar-refractivity contribution in [3.05, 3.63) is 84.9 Å². The molecule has 0 saturated heterocycles. The van der Waals surface area contributed by atoms with Crippen molar-refractivity contribution in [2.45, 2.75) is 0 Å². The number of hydrogen-bond donors (Lipinski definition) is 1. The van der Waals surface area contributed by atoms with E-state index >= 15 is 0 Å². The van der Waals surface area contributed by atoms with Crippen LogP contribution in [0.5, 0.6) is 5.75 Å². The lowest BCUT2D eigenvalue weighted by Crippen LogP contribution is -1.99. The van der Waals surface area contributed by atoms with Crippen LogP contribution in [-0.2, 0) is 0 Å². The van der Waals surface area contributed by atoms with E-state index < -0.39 is 0 Å². The van der Waals surface area contributed by atoms with E-state index in [0.717, 1.165) is 27.5 Å². The fourth-order valence-electron chi connectivity index (χ4n) is 3.75. The number of rotatable bonds is 3. The van der Waals surface area contributed by atoms with Crippen LogP contribution in [-0.4, -0.2) is 17.3 Å². The highest BCUT2D eigenvalue weighted by Crippen LogP contribution is 2.36. The maximum absolute atomic E-state index is 8.95. The molecule has 0 fully saturated rings. The van der Waals surface area contributed by atoms with E-state index in [0.29, 0.717) is 13.4 Å². The molecule has 26 heavy (non-hydrogen) atoms. The number of benzene rings is 4. The normalized spacial score (nSPS) is 11.3. The van der Waals surface area contributed by atoms with Crippen molar-refractivity contribution >= 4 is 40.3 Å². The van der Waals surface area contributed by atoms with E-state index in [1.54, 1.807) is 0 Å². The van der Waals surface area contributed by atoms with Crippen molar-refractivity contribution < 1.29 is 9.68 Å². The molecule has 1 aromatic heterocycles. The Hall–Kier alpha value is -3.24. The molecule has 1 radical (unpaired) electrons. The highest BCUT2D eigenvalue weighted by atomic mass is 16.5. The Labute approximate surface area is 151 Å². The Morgan fingerprint density at radius 3 is 2.31 bits per heavy atom. The van der Waals surface area contributed by atoms with Crippen LogP contribution < -0.4 is 4.65 Å². The molecule has 1 N–H and O–H groups in total. The number of hydrogen-bond acceptors (Lipinski definition) is 2. The Morgan fingerprint density at radius 1 is 0.692 bits per heavy atom. The summed E-state index contributed by atoms with van der Waals surface area (Å²) in [6.45, 7) is 0. The molecule has 0 aliphatic carbocycles. The first-order valence-corrected chi connectivity index (χ1v) is 8.51. The third-order valence-electron chi connectivity index (χ3n) is 4.84. The summed E-state index contributed by atoms with van der Waals surface area (Å²) >= 11 is 0.